The number of esters is 1. The van der Waals surface area contributed by atoms with Crippen LogP contribution in [0.25, 0.3) is 0 Å². The largest absolute Gasteiger partial charge is 0.472 e. The van der Waals surface area contributed by atoms with Crippen LogP contribution in [0.3, 0.4) is 0 Å². The van der Waals surface area contributed by atoms with Crippen molar-refractivity contribution in [1.82, 2.24) is 5.32 Å². The first-order chi connectivity index (χ1) is 33.9. The predicted octanol–water partition coefficient (Wildman–Crippen LogP) is 17.5. The van der Waals surface area contributed by atoms with E-state index in [9.17, 15) is 19.0 Å². The fourth-order valence-corrected chi connectivity index (χ4v) is 8.87. The van der Waals surface area contributed by atoms with Gasteiger partial charge in [0.1, 0.15) is 19.3 Å². The molecule has 408 valence electrons. The molecule has 3 unspecified atom stereocenters. The number of nitrogens with one attached hydrogen (secondary N) is 1. The Morgan fingerprint density at radius 2 is 0.914 bits per heavy atom. The van der Waals surface area contributed by atoms with E-state index in [1.165, 1.54) is 128 Å². The van der Waals surface area contributed by atoms with Gasteiger partial charge in [0, 0.05) is 12.8 Å². The molecule has 0 aromatic heterocycles. The van der Waals surface area contributed by atoms with Crippen molar-refractivity contribution in [3.05, 3.63) is 60.8 Å². The SMILES string of the molecule is CCCCC/C=C\C/C=C\CCCCCCCCCC(=O)NC(COP(=O)(O)OCC[N+](C)(C)C)C(/C=C/CCCCCCCCCCCC)OC(=O)CCCCCCCC/C=C/C=C/CCCCC. The van der Waals surface area contributed by atoms with E-state index in [0.29, 0.717) is 17.4 Å². The van der Waals surface area contributed by atoms with Crippen LogP contribution in [0.4, 0.5) is 0 Å². The van der Waals surface area contributed by atoms with E-state index in [0.717, 1.165) is 96.3 Å². The fraction of sp³-hybridized carbons (Fsp3) is 0.800. The molecular formula is C60H112N2O7P+. The molecule has 0 aliphatic rings. The standard InChI is InChI=1S/C60H111N2O7P/c1-7-10-13-16-19-22-25-28-30-31-33-34-37-40-43-46-49-52-59(63)61-57(56-68-70(65,66)67-55-54-62(4,5)6)58(51-48-45-42-39-36-27-24-21-18-15-12-9-3)69-60(64)53-50-47-44-41-38-35-32-29-26-23-20-17-14-11-8-2/h19-20,22-23,26,28-30,48,51,57-58H,7-18,21,24-25,27,31-47,49-50,52-56H2,1-6H3,(H-,61,63,65,66)/p+1/b22-19-,23-20+,29-26+,30-28-,51-48+. The smallest absolute Gasteiger partial charge is 0.456 e. The normalized spacial score (nSPS) is 14.2. The maximum absolute atomic E-state index is 13.5. The molecule has 0 aromatic rings. The van der Waals surface area contributed by atoms with Crippen molar-refractivity contribution in [3.63, 3.8) is 0 Å². The number of carbonyl (C=O) groups is 2. The number of rotatable bonds is 52. The Bertz CT molecular complexity index is 1390. The van der Waals surface area contributed by atoms with Crippen molar-refractivity contribution >= 4 is 19.7 Å². The van der Waals surface area contributed by atoms with E-state index in [4.69, 9.17) is 13.8 Å². The molecule has 0 aliphatic heterocycles. The van der Waals surface area contributed by atoms with Gasteiger partial charge in [-0.1, -0.05) is 217 Å². The van der Waals surface area contributed by atoms with Crippen LogP contribution in [0.15, 0.2) is 60.8 Å². The summed E-state index contributed by atoms with van der Waals surface area (Å²) < 4.78 is 30.6. The summed E-state index contributed by atoms with van der Waals surface area (Å²) >= 11 is 0. The molecule has 0 heterocycles. The molecule has 0 radical (unpaired) electrons. The zero-order valence-corrected chi connectivity index (χ0v) is 47.4. The minimum Gasteiger partial charge on any atom is -0.456 e. The van der Waals surface area contributed by atoms with E-state index in [1.807, 2.05) is 33.3 Å². The summed E-state index contributed by atoms with van der Waals surface area (Å²) in [4.78, 5) is 37.6. The molecule has 0 aliphatic carbocycles. The second kappa shape index (κ2) is 50.3. The molecule has 0 aromatic carbocycles. The van der Waals surface area contributed by atoms with E-state index in [2.05, 4.69) is 74.7 Å². The van der Waals surface area contributed by atoms with Gasteiger partial charge in [-0.3, -0.25) is 18.6 Å². The van der Waals surface area contributed by atoms with Crippen molar-refractivity contribution in [2.24, 2.45) is 0 Å². The molecule has 0 fully saturated rings. The third-order valence-electron chi connectivity index (χ3n) is 12.7. The Labute approximate surface area is 432 Å². The lowest BCUT2D eigenvalue weighted by Gasteiger charge is -2.27. The Morgan fingerprint density at radius 1 is 0.514 bits per heavy atom. The number of amides is 1. The number of unbranched alkanes of at least 4 members (excludes halogenated alkanes) is 29. The minimum atomic E-state index is -4.45. The Balaban J connectivity index is 5.36. The molecule has 0 spiro atoms. The first-order valence-corrected chi connectivity index (χ1v) is 30.6. The van der Waals surface area contributed by atoms with E-state index in [1.54, 1.807) is 0 Å². The van der Waals surface area contributed by atoms with Gasteiger partial charge in [0.15, 0.2) is 0 Å². The van der Waals surface area contributed by atoms with Gasteiger partial charge < -0.3 is 19.4 Å². The highest BCUT2D eigenvalue weighted by molar-refractivity contribution is 7.47. The summed E-state index contributed by atoms with van der Waals surface area (Å²) in [5, 5.41) is 3.04. The van der Waals surface area contributed by atoms with E-state index in [-0.39, 0.29) is 31.5 Å². The van der Waals surface area contributed by atoms with E-state index < -0.39 is 20.0 Å². The monoisotopic (exact) mass is 1000 g/mol. The summed E-state index contributed by atoms with van der Waals surface area (Å²) in [5.41, 5.74) is 0. The Hall–Kier alpha value is -2.29. The number of hydrogen-bond acceptors (Lipinski definition) is 6. The number of nitrogens with zero attached hydrogens (tertiary/aromatic N) is 1. The molecule has 70 heavy (non-hydrogen) atoms. The highest BCUT2D eigenvalue weighted by Gasteiger charge is 2.30. The van der Waals surface area contributed by atoms with Crippen molar-refractivity contribution in [2.75, 3.05) is 40.9 Å². The number of hydrogen-bond donors (Lipinski definition) is 2. The van der Waals surface area contributed by atoms with Gasteiger partial charge in [0.2, 0.25) is 5.91 Å². The molecule has 3 atom stereocenters. The zero-order valence-electron chi connectivity index (χ0n) is 46.5. The van der Waals surface area contributed by atoms with Gasteiger partial charge >= 0.3 is 13.8 Å². The summed E-state index contributed by atoms with van der Waals surface area (Å²) in [6, 6.07) is -0.857. The lowest BCUT2D eigenvalue weighted by Crippen LogP contribution is -2.47. The second-order valence-corrected chi connectivity index (χ2v) is 22.3. The number of likely N-dealkylation sites (N-methyl/N-ethyl adjacent to an activating group) is 1. The van der Waals surface area contributed by atoms with Gasteiger partial charge in [-0.2, -0.15) is 0 Å². The first-order valence-electron chi connectivity index (χ1n) is 29.1. The van der Waals surface area contributed by atoms with Crippen LogP contribution in [0.5, 0.6) is 0 Å². The minimum absolute atomic E-state index is 0.0353. The van der Waals surface area contributed by atoms with Gasteiger partial charge in [-0.25, -0.2) is 4.57 Å². The number of quaternary nitrogens is 1. The fourth-order valence-electron chi connectivity index (χ4n) is 8.14. The lowest BCUT2D eigenvalue weighted by atomic mass is 10.0. The quantitative estimate of drug-likeness (QED) is 0.0156. The van der Waals surface area contributed by atoms with Crippen LogP contribution in [0.2, 0.25) is 0 Å². The van der Waals surface area contributed by atoms with Gasteiger partial charge in [-0.05, 0) is 89.5 Å². The number of allylic oxidation sites excluding steroid dienone is 9. The maximum atomic E-state index is 13.5. The van der Waals surface area contributed by atoms with Crippen molar-refractivity contribution in [1.29, 1.82) is 0 Å². The van der Waals surface area contributed by atoms with Crippen LogP contribution in [-0.4, -0.2) is 74.3 Å². The molecular weight excluding hydrogens is 892 g/mol. The Kier molecular flexibility index (Phi) is 48.6. The summed E-state index contributed by atoms with van der Waals surface area (Å²) in [7, 11) is 1.48. The number of carbonyl (C=O) groups excluding carboxylic acids is 2. The Morgan fingerprint density at radius 3 is 1.40 bits per heavy atom. The average Bonchev–Trinajstić information content (AvgIpc) is 3.32. The van der Waals surface area contributed by atoms with Gasteiger partial charge in [-0.15, -0.1) is 0 Å². The number of phosphoric acid groups is 1. The summed E-state index contributed by atoms with van der Waals surface area (Å²) in [6.45, 7) is 6.94. The highest BCUT2D eigenvalue weighted by atomic mass is 31.2. The summed E-state index contributed by atoms with van der Waals surface area (Å²) in [6.07, 6.45) is 62.0. The lowest BCUT2D eigenvalue weighted by molar-refractivity contribution is -0.870. The second-order valence-electron chi connectivity index (χ2n) is 20.8. The molecule has 0 rings (SSSR count). The van der Waals surface area contributed by atoms with Crippen LogP contribution >= 0.6 is 7.82 Å². The first kappa shape index (κ1) is 67.7. The molecule has 0 bridgehead atoms. The average molecular weight is 1000 g/mol. The zero-order chi connectivity index (χ0) is 51.5. The number of ether oxygens (including phenoxy) is 1. The molecule has 9 nitrogen and oxygen atoms in total. The number of phosphoric ester groups is 1. The maximum Gasteiger partial charge on any atom is 0.472 e. The van der Waals surface area contributed by atoms with Crippen LogP contribution in [0.1, 0.15) is 258 Å². The van der Waals surface area contributed by atoms with E-state index >= 15 is 0 Å². The predicted molar refractivity (Wildman–Crippen MR) is 300 cm³/mol. The topological polar surface area (TPSA) is 111 Å². The van der Waals surface area contributed by atoms with Crippen molar-refractivity contribution in [3.8, 4) is 0 Å². The van der Waals surface area contributed by atoms with Gasteiger partial charge in [0.05, 0.1) is 33.8 Å². The van der Waals surface area contributed by atoms with Crippen molar-refractivity contribution < 1.29 is 37.3 Å². The van der Waals surface area contributed by atoms with Crippen LogP contribution in [0, 0.1) is 0 Å². The summed E-state index contributed by atoms with van der Waals surface area (Å²) in [5.74, 6) is -0.526. The molecule has 0 saturated carbocycles. The molecule has 0 saturated heterocycles. The highest BCUT2D eigenvalue weighted by Crippen LogP contribution is 2.43. The van der Waals surface area contributed by atoms with Crippen molar-refractivity contribution in [2.45, 2.75) is 270 Å². The van der Waals surface area contributed by atoms with Crippen LogP contribution in [-0.2, 0) is 27.9 Å². The third-order valence-corrected chi connectivity index (χ3v) is 13.7. The van der Waals surface area contributed by atoms with Gasteiger partial charge in [0.25, 0.3) is 0 Å². The molecule has 2 N–H and O–H groups in total. The van der Waals surface area contributed by atoms with Crippen LogP contribution < -0.4 is 5.32 Å². The molecule has 10 heteroatoms. The molecule has 1 amide bonds. The third kappa shape index (κ3) is 50.6.